The summed E-state index contributed by atoms with van der Waals surface area (Å²) in [5, 5.41) is 9.70. The maximum absolute atomic E-state index is 13.0. The Labute approximate surface area is 116 Å². The van der Waals surface area contributed by atoms with E-state index in [-0.39, 0.29) is 6.61 Å². The minimum atomic E-state index is -5.44. The molecule has 1 unspecified atom stereocenters. The molecule has 118 valence electrons. The number of esters is 2. The number of nitrogens with two attached hydrogens (primary N) is 1. The lowest BCUT2D eigenvalue weighted by atomic mass is 9.94. The van der Waals surface area contributed by atoms with Gasteiger partial charge in [-0.2, -0.15) is 13.2 Å². The van der Waals surface area contributed by atoms with E-state index in [1.165, 1.54) is 6.92 Å². The van der Waals surface area contributed by atoms with E-state index in [0.29, 0.717) is 13.2 Å². The lowest BCUT2D eigenvalue weighted by molar-refractivity contribution is -0.266. The molecule has 0 saturated carbocycles. The van der Waals surface area contributed by atoms with Crippen molar-refractivity contribution < 1.29 is 41.8 Å². The third-order valence-corrected chi connectivity index (χ3v) is 2.52. The van der Waals surface area contributed by atoms with Crippen LogP contribution >= 0.6 is 0 Å². The van der Waals surface area contributed by atoms with Gasteiger partial charge in [-0.05, 0) is 6.92 Å². The fourth-order valence-corrected chi connectivity index (χ4v) is 1.52. The van der Waals surface area contributed by atoms with Gasteiger partial charge in [0.1, 0.15) is 0 Å². The van der Waals surface area contributed by atoms with Crippen molar-refractivity contribution in [3.63, 3.8) is 0 Å². The molecule has 0 amide bonds. The van der Waals surface area contributed by atoms with Crippen LogP contribution in [0.25, 0.3) is 0 Å². The second kappa shape index (κ2) is 5.64. The molecule has 1 aromatic heterocycles. The molecule has 21 heavy (non-hydrogen) atoms. The summed E-state index contributed by atoms with van der Waals surface area (Å²) in [5.41, 5.74) is 0.00467. The molecule has 10 heteroatoms. The fourth-order valence-electron chi connectivity index (χ4n) is 1.52. The molecule has 0 aliphatic rings. The number of halogens is 3. The summed E-state index contributed by atoms with van der Waals surface area (Å²) in [6.45, 7) is 1.40. The monoisotopic (exact) mass is 311 g/mol. The van der Waals surface area contributed by atoms with Crippen LogP contribution in [0.15, 0.2) is 10.5 Å². The van der Waals surface area contributed by atoms with Gasteiger partial charge in [0, 0.05) is 6.07 Å². The van der Waals surface area contributed by atoms with Crippen LogP contribution in [-0.2, 0) is 19.9 Å². The van der Waals surface area contributed by atoms with Crippen molar-refractivity contribution in [2.24, 2.45) is 0 Å². The summed E-state index contributed by atoms with van der Waals surface area (Å²) in [7, 11) is 0.654. The van der Waals surface area contributed by atoms with Crippen LogP contribution in [0.1, 0.15) is 23.0 Å². The van der Waals surface area contributed by atoms with Crippen molar-refractivity contribution >= 4 is 17.8 Å². The summed E-state index contributed by atoms with van der Waals surface area (Å²) in [6.07, 6.45) is -5.44. The Morgan fingerprint density at radius 2 is 2.00 bits per heavy atom. The third-order valence-electron chi connectivity index (χ3n) is 2.52. The molecule has 1 aromatic rings. The zero-order valence-electron chi connectivity index (χ0n) is 11.0. The molecule has 0 radical (unpaired) electrons. The van der Waals surface area contributed by atoms with Crippen molar-refractivity contribution in [1.82, 2.24) is 0 Å². The second-order valence-corrected chi connectivity index (χ2v) is 3.81. The number of ether oxygens (including phenoxy) is 2. The van der Waals surface area contributed by atoms with Crippen molar-refractivity contribution in [2.45, 2.75) is 18.7 Å². The molecule has 0 spiro atoms. The van der Waals surface area contributed by atoms with Crippen LogP contribution in [0.3, 0.4) is 0 Å². The largest absolute Gasteiger partial charge is 0.466 e. The van der Waals surface area contributed by atoms with E-state index in [1.807, 2.05) is 0 Å². The highest BCUT2D eigenvalue weighted by Crippen LogP contribution is 2.43. The molecule has 0 bridgehead atoms. The topological polar surface area (TPSA) is 112 Å². The first kappa shape index (κ1) is 16.8. The number of furan rings is 1. The molecule has 1 heterocycles. The average molecular weight is 311 g/mol. The summed E-state index contributed by atoms with van der Waals surface area (Å²) in [4.78, 5) is 22.7. The quantitative estimate of drug-likeness (QED) is 0.796. The Bertz CT molecular complexity index is 553. The highest BCUT2D eigenvalue weighted by Gasteiger charge is 2.64. The van der Waals surface area contributed by atoms with E-state index in [0.717, 1.165) is 0 Å². The predicted octanol–water partition coefficient (Wildman–Crippen LogP) is 0.961. The van der Waals surface area contributed by atoms with Crippen LogP contribution < -0.4 is 5.73 Å². The molecule has 0 aromatic carbocycles. The van der Waals surface area contributed by atoms with Gasteiger partial charge in [0.2, 0.25) is 5.76 Å². The Morgan fingerprint density at radius 3 is 2.43 bits per heavy atom. The minimum Gasteiger partial charge on any atom is -0.466 e. The van der Waals surface area contributed by atoms with E-state index in [1.54, 1.807) is 0 Å². The van der Waals surface area contributed by atoms with Gasteiger partial charge < -0.3 is 24.7 Å². The molecule has 0 aliphatic carbocycles. The first-order valence-corrected chi connectivity index (χ1v) is 5.54. The Balaban J connectivity index is 3.41. The average Bonchev–Trinajstić information content (AvgIpc) is 2.78. The number of carbonyl (C=O) groups excluding carboxylic acids is 2. The Hall–Kier alpha value is -2.23. The van der Waals surface area contributed by atoms with Gasteiger partial charge in [0.05, 0.1) is 19.3 Å². The van der Waals surface area contributed by atoms with Gasteiger partial charge in [0.25, 0.3) is 5.60 Å². The van der Waals surface area contributed by atoms with Gasteiger partial charge in [-0.3, -0.25) is 0 Å². The number of alkyl halides is 3. The number of methoxy groups -OCH3 is 1. The summed E-state index contributed by atoms with van der Waals surface area (Å²) < 4.78 is 52.1. The summed E-state index contributed by atoms with van der Waals surface area (Å²) in [6, 6.07) is 0.484. The maximum atomic E-state index is 13.0. The van der Waals surface area contributed by atoms with Crippen molar-refractivity contribution in [2.75, 3.05) is 19.5 Å². The van der Waals surface area contributed by atoms with Gasteiger partial charge in [-0.25, -0.2) is 9.59 Å². The van der Waals surface area contributed by atoms with Gasteiger partial charge in [0.15, 0.2) is 5.88 Å². The fraction of sp³-hybridized carbons (Fsp3) is 0.455. The van der Waals surface area contributed by atoms with E-state index in [9.17, 15) is 27.9 Å². The molecule has 0 aliphatic heterocycles. The number of aliphatic hydroxyl groups is 1. The zero-order valence-corrected chi connectivity index (χ0v) is 11.0. The second-order valence-electron chi connectivity index (χ2n) is 3.81. The van der Waals surface area contributed by atoms with Crippen molar-refractivity contribution in [3.05, 3.63) is 17.4 Å². The first-order valence-electron chi connectivity index (χ1n) is 5.54. The number of anilines is 1. The Morgan fingerprint density at radius 1 is 1.43 bits per heavy atom. The smallest absolute Gasteiger partial charge is 0.432 e. The standard InChI is InChI=1S/C11H12F3NO6/c1-3-20-8(16)6-4-5(7(15)21-6)10(18,9(17)19-2)11(12,13)14/h4,18H,3,15H2,1-2H3. The van der Waals surface area contributed by atoms with Gasteiger partial charge in [-0.15, -0.1) is 0 Å². The molecule has 3 N–H and O–H groups in total. The Kier molecular flexibility index (Phi) is 4.52. The molecular formula is C11H12F3NO6. The molecular weight excluding hydrogens is 299 g/mol. The van der Waals surface area contributed by atoms with E-state index < -0.39 is 40.9 Å². The van der Waals surface area contributed by atoms with Crippen LogP contribution in [0.5, 0.6) is 0 Å². The SMILES string of the molecule is CCOC(=O)c1cc(C(O)(C(=O)OC)C(F)(F)F)c(N)o1. The molecule has 1 rings (SSSR count). The minimum absolute atomic E-state index is 0.0602. The summed E-state index contributed by atoms with van der Waals surface area (Å²) in [5.74, 6) is -4.75. The number of carbonyl (C=O) groups is 2. The van der Waals surface area contributed by atoms with Crippen LogP contribution in [0.2, 0.25) is 0 Å². The van der Waals surface area contributed by atoms with E-state index >= 15 is 0 Å². The third kappa shape index (κ3) is 2.79. The molecule has 0 saturated heterocycles. The zero-order chi connectivity index (χ0) is 16.4. The van der Waals surface area contributed by atoms with E-state index in [4.69, 9.17) is 5.73 Å². The van der Waals surface area contributed by atoms with Crippen molar-refractivity contribution in [3.8, 4) is 0 Å². The number of rotatable bonds is 4. The number of nitrogen functional groups attached to an aromatic ring is 1. The lowest BCUT2D eigenvalue weighted by Crippen LogP contribution is -2.50. The highest BCUT2D eigenvalue weighted by molar-refractivity contribution is 5.89. The van der Waals surface area contributed by atoms with E-state index in [2.05, 4.69) is 13.9 Å². The lowest BCUT2D eigenvalue weighted by Gasteiger charge is -2.26. The van der Waals surface area contributed by atoms with Crippen LogP contribution in [-0.4, -0.2) is 36.9 Å². The van der Waals surface area contributed by atoms with Gasteiger partial charge >= 0.3 is 18.1 Å². The number of hydrogen-bond acceptors (Lipinski definition) is 7. The maximum Gasteiger partial charge on any atom is 0.432 e. The predicted molar refractivity (Wildman–Crippen MR) is 61.0 cm³/mol. The molecule has 1 atom stereocenters. The van der Waals surface area contributed by atoms with Crippen LogP contribution in [0, 0.1) is 0 Å². The summed E-state index contributed by atoms with van der Waals surface area (Å²) >= 11 is 0. The number of hydrogen-bond donors (Lipinski definition) is 2. The van der Waals surface area contributed by atoms with Crippen molar-refractivity contribution in [1.29, 1.82) is 0 Å². The normalized spacial score (nSPS) is 14.4. The first-order chi connectivity index (χ1) is 9.59. The van der Waals surface area contributed by atoms with Crippen LogP contribution in [0.4, 0.5) is 19.1 Å². The van der Waals surface area contributed by atoms with Gasteiger partial charge in [-0.1, -0.05) is 0 Å². The highest BCUT2D eigenvalue weighted by atomic mass is 19.4. The molecule has 0 fully saturated rings. The molecule has 7 nitrogen and oxygen atoms in total.